The third-order valence-corrected chi connectivity index (χ3v) is 8.19. The van der Waals surface area contributed by atoms with Gasteiger partial charge in [-0.2, -0.15) is 0 Å². The van der Waals surface area contributed by atoms with E-state index in [-0.39, 0.29) is 36.0 Å². The van der Waals surface area contributed by atoms with E-state index < -0.39 is 0 Å². The number of nitrogens with one attached hydrogen (secondary N) is 3. The van der Waals surface area contributed by atoms with Crippen molar-refractivity contribution in [2.75, 3.05) is 57.3 Å². The van der Waals surface area contributed by atoms with Crippen LogP contribution in [0, 0.1) is 17.7 Å². The molecule has 0 spiro atoms. The highest BCUT2D eigenvalue weighted by atomic mass is 19.1. The van der Waals surface area contributed by atoms with E-state index in [1.54, 1.807) is 12.1 Å². The van der Waals surface area contributed by atoms with Crippen LogP contribution >= 0.6 is 0 Å². The molecule has 210 valence electrons. The average Bonchev–Trinajstić information content (AvgIpc) is 2.97. The summed E-state index contributed by atoms with van der Waals surface area (Å²) >= 11 is 0. The van der Waals surface area contributed by atoms with Crippen molar-refractivity contribution in [2.24, 2.45) is 11.8 Å². The standard InChI is InChI=1S/C30H40FN5O3/c31-26-5-3-22(4-6-26)18-34-29(37)17-23-9-12-36-21-24(23)2-1-15-39-28-8-7-27(35-13-10-32-11-14-35)16-25(28)19-33-20-30(36)38/h3-8,16,23-24,32-33H,1-2,9-15,17-21H2,(H,34,37)/t23-,24-/m0/s1. The van der Waals surface area contributed by atoms with Crippen molar-refractivity contribution < 1.29 is 18.7 Å². The van der Waals surface area contributed by atoms with Crippen molar-refractivity contribution >= 4 is 17.5 Å². The number of anilines is 1. The van der Waals surface area contributed by atoms with E-state index in [9.17, 15) is 14.0 Å². The average molecular weight is 538 g/mol. The molecule has 9 heteroatoms. The largest absolute Gasteiger partial charge is 0.493 e. The first kappa shape index (κ1) is 27.4. The molecule has 3 N–H and O–H groups in total. The predicted molar refractivity (Wildman–Crippen MR) is 149 cm³/mol. The number of carbonyl (C=O) groups is 2. The highest BCUT2D eigenvalue weighted by Crippen LogP contribution is 2.31. The van der Waals surface area contributed by atoms with Gasteiger partial charge >= 0.3 is 0 Å². The van der Waals surface area contributed by atoms with E-state index in [1.165, 1.54) is 17.8 Å². The fraction of sp³-hybridized carbons (Fsp3) is 0.533. The van der Waals surface area contributed by atoms with Crippen LogP contribution < -0.4 is 25.6 Å². The molecule has 3 heterocycles. The lowest BCUT2D eigenvalue weighted by Crippen LogP contribution is -2.47. The lowest BCUT2D eigenvalue weighted by atomic mass is 9.80. The molecule has 2 saturated heterocycles. The molecular weight excluding hydrogens is 497 g/mol. The molecule has 2 atom stereocenters. The number of nitrogens with zero attached hydrogens (tertiary/aromatic N) is 2. The fourth-order valence-electron chi connectivity index (χ4n) is 5.92. The van der Waals surface area contributed by atoms with Crippen LogP contribution in [0.25, 0.3) is 0 Å². The Hall–Kier alpha value is -3.17. The lowest BCUT2D eigenvalue weighted by molar-refractivity contribution is -0.133. The Balaban J connectivity index is 1.20. The van der Waals surface area contributed by atoms with Crippen molar-refractivity contribution in [3.05, 3.63) is 59.4 Å². The van der Waals surface area contributed by atoms with Crippen LogP contribution in [0.2, 0.25) is 0 Å². The highest BCUT2D eigenvalue weighted by Gasteiger charge is 2.32. The first-order valence-corrected chi connectivity index (χ1v) is 14.3. The zero-order chi connectivity index (χ0) is 27.0. The van der Waals surface area contributed by atoms with E-state index in [2.05, 4.69) is 39.0 Å². The second-order valence-electron chi connectivity index (χ2n) is 10.9. The quantitative estimate of drug-likeness (QED) is 0.544. The monoisotopic (exact) mass is 537 g/mol. The molecule has 2 aromatic rings. The van der Waals surface area contributed by atoms with E-state index in [0.29, 0.717) is 39.2 Å². The first-order chi connectivity index (χ1) is 19.0. The Morgan fingerprint density at radius 3 is 2.64 bits per heavy atom. The van der Waals surface area contributed by atoms with E-state index in [4.69, 9.17) is 4.74 Å². The van der Waals surface area contributed by atoms with Crippen molar-refractivity contribution in [1.29, 1.82) is 0 Å². The number of piperazine rings is 1. The molecule has 0 aliphatic carbocycles. The van der Waals surface area contributed by atoms with Crippen molar-refractivity contribution in [3.8, 4) is 5.75 Å². The van der Waals surface area contributed by atoms with Gasteiger partial charge in [0.15, 0.2) is 0 Å². The van der Waals surface area contributed by atoms with Crippen molar-refractivity contribution in [2.45, 2.75) is 38.8 Å². The molecule has 0 unspecified atom stereocenters. The molecule has 2 aromatic carbocycles. The van der Waals surface area contributed by atoms with E-state index in [0.717, 1.165) is 62.3 Å². The summed E-state index contributed by atoms with van der Waals surface area (Å²) in [6, 6.07) is 12.6. The van der Waals surface area contributed by atoms with Crippen LogP contribution in [0.15, 0.2) is 42.5 Å². The number of halogens is 1. The van der Waals surface area contributed by atoms with Gasteiger partial charge < -0.3 is 30.5 Å². The van der Waals surface area contributed by atoms with Gasteiger partial charge in [0.1, 0.15) is 11.6 Å². The summed E-state index contributed by atoms with van der Waals surface area (Å²) in [5.74, 6) is 1.16. The summed E-state index contributed by atoms with van der Waals surface area (Å²) < 4.78 is 19.4. The van der Waals surface area contributed by atoms with E-state index in [1.807, 2.05) is 4.90 Å². The van der Waals surface area contributed by atoms with Crippen LogP contribution in [-0.4, -0.2) is 69.1 Å². The van der Waals surface area contributed by atoms with Gasteiger partial charge in [-0.05, 0) is 67.0 Å². The molecule has 0 aromatic heterocycles. The maximum absolute atomic E-state index is 13.2. The number of amides is 2. The Morgan fingerprint density at radius 2 is 1.82 bits per heavy atom. The Kier molecular flexibility index (Phi) is 9.32. The summed E-state index contributed by atoms with van der Waals surface area (Å²) in [5.41, 5.74) is 3.14. The topological polar surface area (TPSA) is 85.9 Å². The fourth-order valence-corrected chi connectivity index (χ4v) is 5.92. The molecular formula is C30H40FN5O3. The summed E-state index contributed by atoms with van der Waals surface area (Å²) in [6.07, 6.45) is 3.02. The number of hydrogen-bond acceptors (Lipinski definition) is 6. The summed E-state index contributed by atoms with van der Waals surface area (Å²) in [6.45, 7) is 7.12. The zero-order valence-corrected chi connectivity index (χ0v) is 22.6. The first-order valence-electron chi connectivity index (χ1n) is 14.3. The highest BCUT2D eigenvalue weighted by molar-refractivity contribution is 5.79. The molecule has 2 bridgehead atoms. The van der Waals surface area contributed by atoms with Crippen LogP contribution in [0.1, 0.15) is 36.8 Å². The lowest BCUT2D eigenvalue weighted by Gasteiger charge is -2.38. The number of ether oxygens (including phenoxy) is 1. The number of fused-ring (bicyclic) bond motifs is 3. The van der Waals surface area contributed by atoms with Crippen LogP contribution in [0.5, 0.6) is 5.75 Å². The van der Waals surface area contributed by atoms with Gasteiger partial charge in [-0.3, -0.25) is 9.59 Å². The number of carbonyl (C=O) groups excluding carboxylic acids is 2. The molecule has 2 amide bonds. The number of benzene rings is 2. The normalized spacial score (nSPS) is 22.5. The van der Waals surface area contributed by atoms with Gasteiger partial charge in [0.25, 0.3) is 0 Å². The van der Waals surface area contributed by atoms with Crippen molar-refractivity contribution in [3.63, 3.8) is 0 Å². The Bertz CT molecular complexity index is 1120. The number of piperidine rings is 1. The molecule has 8 nitrogen and oxygen atoms in total. The maximum atomic E-state index is 13.2. The minimum atomic E-state index is -0.285. The predicted octanol–water partition coefficient (Wildman–Crippen LogP) is 2.67. The summed E-state index contributed by atoms with van der Waals surface area (Å²) in [5, 5.41) is 9.73. The third-order valence-electron chi connectivity index (χ3n) is 8.19. The van der Waals surface area contributed by atoms with Gasteiger partial charge in [-0.15, -0.1) is 0 Å². The smallest absolute Gasteiger partial charge is 0.236 e. The van der Waals surface area contributed by atoms with E-state index >= 15 is 0 Å². The van der Waals surface area contributed by atoms with Gasteiger partial charge in [-0.25, -0.2) is 4.39 Å². The second-order valence-corrected chi connectivity index (χ2v) is 10.9. The van der Waals surface area contributed by atoms with Crippen molar-refractivity contribution in [1.82, 2.24) is 20.9 Å². The molecule has 5 rings (SSSR count). The van der Waals surface area contributed by atoms with Crippen LogP contribution in [-0.2, 0) is 22.7 Å². The molecule has 0 saturated carbocycles. The van der Waals surface area contributed by atoms with Gasteiger partial charge in [0.05, 0.1) is 13.2 Å². The van der Waals surface area contributed by atoms with Crippen LogP contribution in [0.3, 0.4) is 0 Å². The van der Waals surface area contributed by atoms with Gasteiger partial charge in [-0.1, -0.05) is 12.1 Å². The second kappa shape index (κ2) is 13.3. The summed E-state index contributed by atoms with van der Waals surface area (Å²) in [7, 11) is 0. The maximum Gasteiger partial charge on any atom is 0.236 e. The Labute approximate surface area is 230 Å². The summed E-state index contributed by atoms with van der Waals surface area (Å²) in [4.78, 5) is 30.2. The molecule has 3 aliphatic heterocycles. The van der Waals surface area contributed by atoms with Gasteiger partial charge in [0, 0.05) is 70.0 Å². The third kappa shape index (κ3) is 7.48. The SMILES string of the molecule is O=C(C[C@@H]1CCN2C[C@@H]1CCCOc1ccc(N3CCNCC3)cc1CNCC2=O)NCc1ccc(F)cc1. The van der Waals surface area contributed by atoms with Crippen LogP contribution in [0.4, 0.5) is 10.1 Å². The molecule has 3 aliphatic rings. The zero-order valence-electron chi connectivity index (χ0n) is 22.6. The molecule has 0 radical (unpaired) electrons. The number of hydrogen-bond donors (Lipinski definition) is 3. The molecule has 2 fully saturated rings. The molecule has 39 heavy (non-hydrogen) atoms. The minimum absolute atomic E-state index is 0.000784. The Morgan fingerprint density at radius 1 is 1.00 bits per heavy atom. The number of rotatable bonds is 5. The minimum Gasteiger partial charge on any atom is -0.493 e. The van der Waals surface area contributed by atoms with Gasteiger partial charge in [0.2, 0.25) is 11.8 Å².